The lowest BCUT2D eigenvalue weighted by Crippen LogP contribution is -2.35. The number of carbonyl (C=O) groups is 2. The first-order valence-corrected chi connectivity index (χ1v) is 10.6. The van der Waals surface area contributed by atoms with Gasteiger partial charge in [0.2, 0.25) is 0 Å². The van der Waals surface area contributed by atoms with E-state index >= 15 is 0 Å². The van der Waals surface area contributed by atoms with Crippen molar-refractivity contribution >= 4 is 34.0 Å². The van der Waals surface area contributed by atoms with Gasteiger partial charge in [0.25, 0.3) is 11.8 Å². The van der Waals surface area contributed by atoms with E-state index < -0.39 is 0 Å². The maximum atomic E-state index is 13.0. The highest BCUT2D eigenvalue weighted by Gasteiger charge is 2.38. The minimum absolute atomic E-state index is 0.0182. The third-order valence-electron chi connectivity index (χ3n) is 6.67. The fourth-order valence-corrected chi connectivity index (χ4v) is 4.93. The summed E-state index contributed by atoms with van der Waals surface area (Å²) >= 11 is 0. The topological polar surface area (TPSA) is 61.8 Å². The molecule has 1 fully saturated rings. The third-order valence-corrected chi connectivity index (χ3v) is 6.67. The molecule has 0 saturated heterocycles. The zero-order chi connectivity index (χ0) is 20.9. The van der Waals surface area contributed by atoms with E-state index in [9.17, 15) is 9.59 Å². The predicted molar refractivity (Wildman–Crippen MR) is 121 cm³/mol. The van der Waals surface area contributed by atoms with E-state index in [4.69, 9.17) is 0 Å². The number of hydrogen-bond donors (Lipinski definition) is 1. The second-order valence-corrected chi connectivity index (χ2v) is 8.45. The Kier molecular flexibility index (Phi) is 4.03. The van der Waals surface area contributed by atoms with E-state index in [2.05, 4.69) is 22.7 Å². The Bertz CT molecular complexity index is 1280. The van der Waals surface area contributed by atoms with E-state index in [1.165, 1.54) is 0 Å². The Balaban J connectivity index is 1.16. The number of amides is 2. The normalized spacial score (nSPS) is 22.1. The number of hydrogen-bond acceptors (Lipinski definition) is 3. The molecule has 0 unspecified atom stereocenters. The van der Waals surface area contributed by atoms with Gasteiger partial charge < -0.3 is 4.90 Å². The molecule has 0 radical (unpaired) electrons. The number of allylic oxidation sites excluding steroid dienone is 2. The van der Waals surface area contributed by atoms with Crippen LogP contribution in [0.3, 0.4) is 0 Å². The van der Waals surface area contributed by atoms with Crippen molar-refractivity contribution in [3.8, 4) is 0 Å². The lowest BCUT2D eigenvalue weighted by atomic mass is 9.74. The predicted octanol–water partition coefficient (Wildman–Crippen LogP) is 4.68. The maximum absolute atomic E-state index is 13.0. The molecule has 2 amide bonds. The lowest BCUT2D eigenvalue weighted by Gasteiger charge is -2.31. The molecule has 0 aromatic heterocycles. The van der Waals surface area contributed by atoms with Gasteiger partial charge in [-0.3, -0.25) is 9.59 Å². The number of nitrogens with one attached hydrogen (secondary N) is 1. The van der Waals surface area contributed by atoms with Crippen LogP contribution in [0.2, 0.25) is 0 Å². The second-order valence-electron chi connectivity index (χ2n) is 8.45. The Morgan fingerprint density at radius 1 is 1.06 bits per heavy atom. The molecule has 6 rings (SSSR count). The van der Waals surface area contributed by atoms with Crippen LogP contribution >= 0.6 is 0 Å². The van der Waals surface area contributed by atoms with Gasteiger partial charge in [0, 0.05) is 28.1 Å². The molecular weight excluding hydrogens is 386 g/mol. The van der Waals surface area contributed by atoms with Gasteiger partial charge in [-0.25, -0.2) is 5.43 Å². The van der Waals surface area contributed by atoms with Gasteiger partial charge >= 0.3 is 0 Å². The minimum Gasteiger partial charge on any atom is -0.303 e. The largest absolute Gasteiger partial charge is 0.303 e. The SMILES string of the molecule is O=C(N/N=C1/C[C@H]2C=CC[C@H]12)c1ccc(CN2C(=O)c3cccc4cccc2c34)cc1. The van der Waals surface area contributed by atoms with E-state index in [0.29, 0.717) is 23.9 Å². The Morgan fingerprint density at radius 3 is 2.68 bits per heavy atom. The summed E-state index contributed by atoms with van der Waals surface area (Å²) in [6.45, 7) is 0.465. The molecule has 3 aliphatic rings. The lowest BCUT2D eigenvalue weighted by molar-refractivity contribution is 0.0952. The standard InChI is InChI=1S/C26H21N3O2/c30-25(28-27-22-14-19-6-2-7-20(19)22)18-12-10-16(11-13-18)15-29-23-9-3-5-17-4-1-8-21(24(17)23)26(29)31/h1-6,8-13,19-20H,7,14-15H2,(H,28,30)/b27-22-/t19-,20+/m1/s1. The number of benzene rings is 3. The molecule has 2 atom stereocenters. The fourth-order valence-electron chi connectivity index (χ4n) is 4.93. The molecule has 152 valence electrons. The Labute approximate surface area is 180 Å². The summed E-state index contributed by atoms with van der Waals surface area (Å²) in [6.07, 6.45) is 6.41. The summed E-state index contributed by atoms with van der Waals surface area (Å²) in [7, 11) is 0. The summed E-state index contributed by atoms with van der Waals surface area (Å²) in [4.78, 5) is 27.2. The van der Waals surface area contributed by atoms with Gasteiger partial charge in [-0.1, -0.05) is 48.6 Å². The Morgan fingerprint density at radius 2 is 1.87 bits per heavy atom. The summed E-state index contributed by atoms with van der Waals surface area (Å²) in [5.41, 5.74) is 7.00. The first-order valence-electron chi connectivity index (χ1n) is 10.6. The van der Waals surface area contributed by atoms with Crippen molar-refractivity contribution in [1.82, 2.24) is 5.43 Å². The second kappa shape index (κ2) is 6.91. The van der Waals surface area contributed by atoms with Crippen molar-refractivity contribution < 1.29 is 9.59 Å². The molecule has 1 heterocycles. The first-order chi connectivity index (χ1) is 15.2. The number of hydrazone groups is 1. The molecule has 3 aromatic carbocycles. The molecule has 1 N–H and O–H groups in total. The third kappa shape index (κ3) is 2.88. The zero-order valence-electron chi connectivity index (χ0n) is 16.9. The van der Waals surface area contributed by atoms with Crippen LogP contribution in [0.15, 0.2) is 77.9 Å². The van der Waals surface area contributed by atoms with Gasteiger partial charge in [0.1, 0.15) is 0 Å². The summed E-state index contributed by atoms with van der Waals surface area (Å²) in [5, 5.41) is 6.42. The fraction of sp³-hybridized carbons (Fsp3) is 0.192. The average Bonchev–Trinajstić information content (AvgIpc) is 3.29. The average molecular weight is 407 g/mol. The molecule has 5 nitrogen and oxygen atoms in total. The van der Waals surface area contributed by atoms with Gasteiger partial charge in [0.05, 0.1) is 12.2 Å². The summed E-state index contributed by atoms with van der Waals surface area (Å²) < 4.78 is 0. The molecular formula is C26H21N3O2. The van der Waals surface area contributed by atoms with Crippen LogP contribution in [0, 0.1) is 11.8 Å². The number of carbonyl (C=O) groups excluding carboxylic acids is 2. The summed E-state index contributed by atoms with van der Waals surface area (Å²) in [5.74, 6) is 0.905. The van der Waals surface area contributed by atoms with Crippen molar-refractivity contribution in [2.24, 2.45) is 16.9 Å². The molecule has 1 aliphatic heterocycles. The van der Waals surface area contributed by atoms with Crippen molar-refractivity contribution in [1.29, 1.82) is 0 Å². The van der Waals surface area contributed by atoms with Crippen molar-refractivity contribution in [3.63, 3.8) is 0 Å². The highest BCUT2D eigenvalue weighted by molar-refractivity contribution is 6.24. The van der Waals surface area contributed by atoms with Crippen molar-refractivity contribution in [2.45, 2.75) is 19.4 Å². The smallest absolute Gasteiger partial charge is 0.271 e. The van der Waals surface area contributed by atoms with Crippen molar-refractivity contribution in [3.05, 3.63) is 89.5 Å². The van der Waals surface area contributed by atoms with Crippen LogP contribution in [0.1, 0.15) is 39.1 Å². The van der Waals surface area contributed by atoms with Gasteiger partial charge in [-0.15, -0.1) is 0 Å². The van der Waals surface area contributed by atoms with Crippen LogP contribution < -0.4 is 10.3 Å². The maximum Gasteiger partial charge on any atom is 0.271 e. The van der Waals surface area contributed by atoms with Gasteiger partial charge in [0.15, 0.2) is 0 Å². The summed E-state index contributed by atoms with van der Waals surface area (Å²) in [6, 6.07) is 19.2. The number of anilines is 1. The van der Waals surface area contributed by atoms with Crippen LogP contribution in [-0.4, -0.2) is 17.5 Å². The van der Waals surface area contributed by atoms with Gasteiger partial charge in [-0.2, -0.15) is 5.10 Å². The van der Waals surface area contributed by atoms with Crippen LogP contribution in [-0.2, 0) is 6.54 Å². The quantitative estimate of drug-likeness (QED) is 0.504. The monoisotopic (exact) mass is 407 g/mol. The minimum atomic E-state index is -0.206. The zero-order valence-corrected chi connectivity index (χ0v) is 16.9. The van der Waals surface area contributed by atoms with Crippen LogP contribution in [0.5, 0.6) is 0 Å². The van der Waals surface area contributed by atoms with E-state index in [1.54, 1.807) is 17.0 Å². The van der Waals surface area contributed by atoms with Gasteiger partial charge in [-0.05, 0) is 54.0 Å². The first kappa shape index (κ1) is 18.1. The van der Waals surface area contributed by atoms with E-state index in [-0.39, 0.29) is 11.8 Å². The van der Waals surface area contributed by atoms with E-state index in [0.717, 1.165) is 46.1 Å². The molecule has 5 heteroatoms. The highest BCUT2D eigenvalue weighted by atomic mass is 16.2. The molecule has 0 bridgehead atoms. The van der Waals surface area contributed by atoms with Crippen LogP contribution in [0.25, 0.3) is 10.8 Å². The van der Waals surface area contributed by atoms with Crippen molar-refractivity contribution in [2.75, 3.05) is 4.90 Å². The number of rotatable bonds is 4. The number of nitrogens with zero attached hydrogens (tertiary/aromatic N) is 2. The highest BCUT2D eigenvalue weighted by Crippen LogP contribution is 2.40. The molecule has 0 spiro atoms. The molecule has 31 heavy (non-hydrogen) atoms. The molecule has 1 saturated carbocycles. The van der Waals surface area contributed by atoms with Crippen LogP contribution in [0.4, 0.5) is 5.69 Å². The van der Waals surface area contributed by atoms with E-state index in [1.807, 2.05) is 48.5 Å². The Hall–Kier alpha value is -3.73. The number of fused-ring (bicyclic) bond motifs is 1. The molecule has 3 aromatic rings. The molecule has 2 aliphatic carbocycles.